The molecule has 3 heterocycles. The molecule has 0 radical (unpaired) electrons. The number of likely N-dealkylation sites (tertiary alicyclic amines) is 1. The number of aromatic nitrogens is 4. The fourth-order valence-electron chi connectivity index (χ4n) is 6.48. The maximum atomic E-state index is 14.6. The highest BCUT2D eigenvalue weighted by Gasteiger charge is 2.37. The van der Waals surface area contributed by atoms with Gasteiger partial charge in [0.1, 0.15) is 5.82 Å². The van der Waals surface area contributed by atoms with Crippen molar-refractivity contribution in [3.63, 3.8) is 0 Å². The highest BCUT2D eigenvalue weighted by Crippen LogP contribution is 2.35. The van der Waals surface area contributed by atoms with Crippen LogP contribution in [0.4, 0.5) is 29.3 Å². The van der Waals surface area contributed by atoms with Gasteiger partial charge in [0.15, 0.2) is 17.0 Å². The standard InChI is InChI=1S/C29H36F4N8O.2ClH/c30-23-21(6-3-7-22(23)29(31,32)33)27(42)40-14-12-19(13-15-40)36-25-24-26(41(16-35-24)20-4-1-2-5-20)39-28(38-25)37-18-10-8-17(34)9-11-18;;/h3,6-7,16-20H,1-2,4-5,8-15,34H2,(H2,36,37,38,39);2*1H/t17-,18-;;. The maximum Gasteiger partial charge on any atom is 0.419 e. The van der Waals surface area contributed by atoms with Crippen molar-refractivity contribution in [3.8, 4) is 0 Å². The van der Waals surface area contributed by atoms with Crippen LogP contribution in [0.15, 0.2) is 24.5 Å². The van der Waals surface area contributed by atoms with Gasteiger partial charge < -0.3 is 25.8 Å². The molecular weight excluding hydrogens is 623 g/mol. The molecule has 2 aromatic heterocycles. The Morgan fingerprint density at radius 1 is 0.909 bits per heavy atom. The Balaban J connectivity index is 0.00000221. The van der Waals surface area contributed by atoms with Gasteiger partial charge in [-0.05, 0) is 63.5 Å². The summed E-state index contributed by atoms with van der Waals surface area (Å²) in [6, 6.07) is 3.57. The van der Waals surface area contributed by atoms with Gasteiger partial charge in [-0.1, -0.05) is 18.9 Å². The topological polar surface area (TPSA) is 114 Å². The Bertz CT molecular complexity index is 1430. The molecule has 15 heteroatoms. The molecule has 9 nitrogen and oxygen atoms in total. The third-order valence-electron chi connectivity index (χ3n) is 8.90. The van der Waals surface area contributed by atoms with Crippen molar-refractivity contribution in [1.82, 2.24) is 24.4 Å². The average molecular weight is 662 g/mol. The zero-order valence-corrected chi connectivity index (χ0v) is 25.8. The van der Waals surface area contributed by atoms with Crippen molar-refractivity contribution in [3.05, 3.63) is 41.5 Å². The zero-order chi connectivity index (χ0) is 29.4. The van der Waals surface area contributed by atoms with Gasteiger partial charge in [-0.25, -0.2) is 9.37 Å². The number of anilines is 2. The molecule has 6 rings (SSSR count). The number of nitrogens with two attached hydrogens (primary N) is 1. The number of carbonyl (C=O) groups excluding carboxylic acids is 1. The summed E-state index contributed by atoms with van der Waals surface area (Å²) in [7, 11) is 0. The maximum absolute atomic E-state index is 14.6. The van der Waals surface area contributed by atoms with Gasteiger partial charge in [0.05, 0.1) is 17.5 Å². The summed E-state index contributed by atoms with van der Waals surface area (Å²) in [6.45, 7) is 0.536. The Kier molecular flexibility index (Phi) is 10.8. The quantitative estimate of drug-likeness (QED) is 0.264. The number of amides is 1. The number of hydrogen-bond donors (Lipinski definition) is 3. The van der Waals surface area contributed by atoms with Gasteiger partial charge in [0, 0.05) is 37.3 Å². The van der Waals surface area contributed by atoms with Crippen LogP contribution < -0.4 is 16.4 Å². The molecule has 44 heavy (non-hydrogen) atoms. The lowest BCUT2D eigenvalue weighted by molar-refractivity contribution is -0.140. The highest BCUT2D eigenvalue weighted by molar-refractivity contribution is 5.95. The smallest absolute Gasteiger partial charge is 0.365 e. The number of halogens is 6. The molecule has 0 bridgehead atoms. The Labute approximate surface area is 265 Å². The average Bonchev–Trinajstić information content (AvgIpc) is 3.64. The van der Waals surface area contributed by atoms with Crippen LogP contribution in [-0.4, -0.2) is 61.5 Å². The predicted molar refractivity (Wildman–Crippen MR) is 165 cm³/mol. The Morgan fingerprint density at radius 2 is 1.57 bits per heavy atom. The van der Waals surface area contributed by atoms with Crippen LogP contribution in [0.1, 0.15) is 86.2 Å². The van der Waals surface area contributed by atoms with Crippen molar-refractivity contribution in [2.24, 2.45) is 5.73 Å². The molecule has 242 valence electrons. The van der Waals surface area contributed by atoms with Crippen LogP contribution in [0.25, 0.3) is 11.2 Å². The third kappa shape index (κ3) is 7.15. The highest BCUT2D eigenvalue weighted by atomic mass is 35.5. The number of nitrogens with one attached hydrogen (secondary N) is 2. The SMILES string of the molecule is Cl.Cl.N[C@H]1CC[C@H](Nc2nc(NC3CCN(C(=O)c4cccc(C(F)(F)F)c4F)CC3)c3ncn(C4CCCC4)c3n2)CC1. The number of carbonyl (C=O) groups is 1. The lowest BCUT2D eigenvalue weighted by Crippen LogP contribution is -2.43. The lowest BCUT2D eigenvalue weighted by Gasteiger charge is -2.33. The van der Waals surface area contributed by atoms with Crippen LogP contribution in [0, 0.1) is 5.82 Å². The minimum absolute atomic E-state index is 0. The molecule has 1 amide bonds. The number of benzene rings is 1. The predicted octanol–water partition coefficient (Wildman–Crippen LogP) is 6.34. The normalized spacial score (nSPS) is 21.5. The van der Waals surface area contributed by atoms with Crippen molar-refractivity contribution in [2.45, 2.75) is 94.6 Å². The molecule has 3 aromatic rings. The van der Waals surface area contributed by atoms with Crippen molar-refractivity contribution >= 4 is 53.7 Å². The van der Waals surface area contributed by atoms with Crippen molar-refractivity contribution in [2.75, 3.05) is 23.7 Å². The van der Waals surface area contributed by atoms with E-state index in [1.54, 1.807) is 0 Å². The largest absolute Gasteiger partial charge is 0.419 e. The fourth-order valence-corrected chi connectivity index (χ4v) is 6.48. The molecule has 3 aliphatic rings. The van der Waals surface area contributed by atoms with Gasteiger partial charge in [0.2, 0.25) is 5.95 Å². The number of piperidine rings is 1. The van der Waals surface area contributed by atoms with Crippen molar-refractivity contribution < 1.29 is 22.4 Å². The van der Waals surface area contributed by atoms with E-state index in [4.69, 9.17) is 15.7 Å². The molecule has 0 spiro atoms. The first kappa shape index (κ1) is 34.0. The Hall–Kier alpha value is -2.90. The van der Waals surface area contributed by atoms with Crippen LogP contribution >= 0.6 is 24.8 Å². The van der Waals surface area contributed by atoms with E-state index >= 15 is 0 Å². The van der Waals surface area contributed by atoms with E-state index in [2.05, 4.69) is 20.2 Å². The van der Waals surface area contributed by atoms with Gasteiger partial charge >= 0.3 is 6.18 Å². The summed E-state index contributed by atoms with van der Waals surface area (Å²) in [5, 5.41) is 7.02. The van der Waals surface area contributed by atoms with Gasteiger partial charge in [-0.15, -0.1) is 24.8 Å². The van der Waals surface area contributed by atoms with E-state index in [1.807, 2.05) is 6.33 Å². The van der Waals surface area contributed by atoms with E-state index < -0.39 is 29.0 Å². The number of fused-ring (bicyclic) bond motifs is 1. The molecule has 2 aliphatic carbocycles. The van der Waals surface area contributed by atoms with E-state index in [0.29, 0.717) is 42.2 Å². The molecule has 0 unspecified atom stereocenters. The molecule has 1 aliphatic heterocycles. The molecule has 1 saturated heterocycles. The van der Waals surface area contributed by atoms with Crippen LogP contribution in [0.5, 0.6) is 0 Å². The van der Waals surface area contributed by atoms with E-state index in [0.717, 1.165) is 56.3 Å². The molecule has 0 atom stereocenters. The Morgan fingerprint density at radius 3 is 2.23 bits per heavy atom. The first-order chi connectivity index (χ1) is 20.2. The van der Waals surface area contributed by atoms with E-state index in [9.17, 15) is 22.4 Å². The van der Waals surface area contributed by atoms with Crippen LogP contribution in [0.3, 0.4) is 0 Å². The summed E-state index contributed by atoms with van der Waals surface area (Å²) in [5.74, 6) is -1.12. The number of hydrogen-bond acceptors (Lipinski definition) is 7. The van der Waals surface area contributed by atoms with Crippen LogP contribution in [-0.2, 0) is 6.18 Å². The molecule has 3 fully saturated rings. The summed E-state index contributed by atoms with van der Waals surface area (Å²) in [5.41, 5.74) is 5.56. The monoisotopic (exact) mass is 660 g/mol. The van der Waals surface area contributed by atoms with E-state index in [-0.39, 0.29) is 56.0 Å². The fraction of sp³-hybridized carbons (Fsp3) is 0.586. The molecule has 1 aromatic carbocycles. The minimum atomic E-state index is -4.87. The van der Waals surface area contributed by atoms with Gasteiger partial charge in [-0.3, -0.25) is 4.79 Å². The molecule has 4 N–H and O–H groups in total. The van der Waals surface area contributed by atoms with Gasteiger partial charge in [0.25, 0.3) is 5.91 Å². The first-order valence-corrected chi connectivity index (χ1v) is 14.9. The van der Waals surface area contributed by atoms with E-state index in [1.165, 1.54) is 17.7 Å². The second-order valence-electron chi connectivity index (χ2n) is 11.8. The molecule has 2 saturated carbocycles. The summed E-state index contributed by atoms with van der Waals surface area (Å²) >= 11 is 0. The second-order valence-corrected chi connectivity index (χ2v) is 11.8. The van der Waals surface area contributed by atoms with Crippen molar-refractivity contribution in [1.29, 1.82) is 0 Å². The number of nitrogens with zero attached hydrogens (tertiary/aromatic N) is 5. The minimum Gasteiger partial charge on any atom is -0.365 e. The number of alkyl halides is 3. The third-order valence-corrected chi connectivity index (χ3v) is 8.90. The summed E-state index contributed by atoms with van der Waals surface area (Å²) in [6.07, 6.45) is 6.33. The van der Waals surface area contributed by atoms with Gasteiger partial charge in [-0.2, -0.15) is 23.1 Å². The first-order valence-electron chi connectivity index (χ1n) is 14.9. The number of rotatable bonds is 6. The summed E-state index contributed by atoms with van der Waals surface area (Å²) in [4.78, 5) is 28.8. The molecular formula is C29H38Cl2F4N8O. The van der Waals surface area contributed by atoms with Crippen LogP contribution in [0.2, 0.25) is 0 Å². The number of imidazole rings is 1. The zero-order valence-electron chi connectivity index (χ0n) is 24.2. The summed E-state index contributed by atoms with van der Waals surface area (Å²) < 4.78 is 56.3. The second kappa shape index (κ2) is 14.0. The lowest BCUT2D eigenvalue weighted by atomic mass is 9.92.